The predicted molar refractivity (Wildman–Crippen MR) is 75.9 cm³/mol. The molecule has 2 N–H and O–H groups in total. The molecule has 4 heteroatoms. The van der Waals surface area contributed by atoms with Crippen molar-refractivity contribution >= 4 is 6.09 Å². The minimum Gasteiger partial charge on any atom is -0.446 e. The molecular formula is C15H29NO3. The molecule has 0 aliphatic heterocycles. The summed E-state index contributed by atoms with van der Waals surface area (Å²) in [5, 5.41) is 11.4. The molecule has 0 heterocycles. The maximum Gasteiger partial charge on any atom is 0.407 e. The lowest BCUT2D eigenvalue weighted by Gasteiger charge is -2.36. The highest BCUT2D eigenvalue weighted by molar-refractivity contribution is 5.67. The highest BCUT2D eigenvalue weighted by Crippen LogP contribution is 2.35. The first-order valence-corrected chi connectivity index (χ1v) is 7.60. The minimum atomic E-state index is -0.303. The Morgan fingerprint density at radius 1 is 1.37 bits per heavy atom. The van der Waals surface area contributed by atoms with Crippen molar-refractivity contribution < 1.29 is 14.6 Å². The molecule has 0 aromatic rings. The first-order chi connectivity index (χ1) is 9.04. The third-order valence-electron chi connectivity index (χ3n) is 4.07. The Balaban J connectivity index is 2.36. The van der Waals surface area contributed by atoms with Crippen LogP contribution in [0.5, 0.6) is 0 Å². The summed E-state index contributed by atoms with van der Waals surface area (Å²) in [5.74, 6) is 1.68. The lowest BCUT2D eigenvalue weighted by molar-refractivity contribution is 0.00619. The van der Waals surface area contributed by atoms with Crippen LogP contribution in [-0.4, -0.2) is 30.5 Å². The summed E-state index contributed by atoms with van der Waals surface area (Å²) in [5.41, 5.74) is 0. The highest BCUT2D eigenvalue weighted by Gasteiger charge is 2.33. The van der Waals surface area contributed by atoms with Gasteiger partial charge >= 0.3 is 6.09 Å². The van der Waals surface area contributed by atoms with Crippen LogP contribution in [0.3, 0.4) is 0 Å². The van der Waals surface area contributed by atoms with E-state index in [9.17, 15) is 4.79 Å². The number of unbranched alkanes of at least 4 members (excludes halogenated alkanes) is 1. The van der Waals surface area contributed by atoms with E-state index in [1.807, 2.05) is 0 Å². The number of carbonyl (C=O) groups excluding carboxylic acids is 1. The quantitative estimate of drug-likeness (QED) is 0.730. The van der Waals surface area contributed by atoms with E-state index in [1.54, 1.807) is 0 Å². The number of carbonyl (C=O) groups is 1. The van der Waals surface area contributed by atoms with Gasteiger partial charge in [0.15, 0.2) is 0 Å². The molecule has 1 amide bonds. The zero-order chi connectivity index (χ0) is 14.3. The number of aliphatic hydroxyl groups excluding tert-OH is 1. The number of nitrogens with one attached hydrogen (secondary N) is 1. The Kier molecular flexibility index (Phi) is 7.21. The van der Waals surface area contributed by atoms with E-state index in [2.05, 4.69) is 26.1 Å². The van der Waals surface area contributed by atoms with E-state index < -0.39 is 0 Å². The van der Waals surface area contributed by atoms with Crippen LogP contribution in [0, 0.1) is 17.8 Å². The first kappa shape index (κ1) is 16.3. The third-order valence-corrected chi connectivity index (χ3v) is 4.07. The van der Waals surface area contributed by atoms with Gasteiger partial charge in [-0.1, -0.05) is 27.2 Å². The SMILES string of the molecule is CC1CC[C@@H](C(C)C)[C@@H](OC(=O)NCCCCO)C1. The summed E-state index contributed by atoms with van der Waals surface area (Å²) in [7, 11) is 0. The maximum atomic E-state index is 11.8. The van der Waals surface area contributed by atoms with Crippen molar-refractivity contribution in [2.45, 2.75) is 59.0 Å². The minimum absolute atomic E-state index is 0.0570. The molecule has 0 saturated heterocycles. The monoisotopic (exact) mass is 271 g/mol. The molecule has 0 aromatic carbocycles. The van der Waals surface area contributed by atoms with E-state index >= 15 is 0 Å². The second-order valence-electron chi connectivity index (χ2n) is 6.13. The normalized spacial score (nSPS) is 27.3. The fraction of sp³-hybridized carbons (Fsp3) is 0.933. The molecule has 0 bridgehead atoms. The first-order valence-electron chi connectivity index (χ1n) is 7.60. The Hall–Kier alpha value is -0.770. The number of rotatable bonds is 6. The summed E-state index contributed by atoms with van der Waals surface area (Å²) in [6.45, 7) is 7.39. The summed E-state index contributed by atoms with van der Waals surface area (Å²) in [6.07, 6.45) is 4.63. The van der Waals surface area contributed by atoms with Gasteiger partial charge in [-0.15, -0.1) is 0 Å². The molecule has 1 aliphatic rings. The van der Waals surface area contributed by atoms with Crippen LogP contribution >= 0.6 is 0 Å². The molecule has 1 saturated carbocycles. The Bertz CT molecular complexity index is 268. The predicted octanol–water partition coefficient (Wildman–Crippen LogP) is 2.95. The topological polar surface area (TPSA) is 58.6 Å². The fourth-order valence-electron chi connectivity index (χ4n) is 2.86. The van der Waals surface area contributed by atoms with E-state index in [1.165, 1.54) is 6.42 Å². The summed E-state index contributed by atoms with van der Waals surface area (Å²) >= 11 is 0. The molecule has 1 fully saturated rings. The number of ether oxygens (including phenoxy) is 1. The van der Waals surface area contributed by atoms with Crippen LogP contribution in [-0.2, 0) is 4.74 Å². The highest BCUT2D eigenvalue weighted by atomic mass is 16.6. The molecule has 0 spiro atoms. The smallest absolute Gasteiger partial charge is 0.407 e. The standard InChI is InChI=1S/C15H29NO3/c1-11(2)13-7-6-12(3)10-14(13)19-15(18)16-8-4-5-9-17/h11-14,17H,4-10H2,1-3H3,(H,16,18)/t12?,13-,14-/m0/s1. The largest absolute Gasteiger partial charge is 0.446 e. The summed E-state index contributed by atoms with van der Waals surface area (Å²) in [4.78, 5) is 11.8. The van der Waals surface area contributed by atoms with E-state index in [0.717, 1.165) is 25.7 Å². The molecule has 112 valence electrons. The van der Waals surface area contributed by atoms with Gasteiger partial charge < -0.3 is 15.2 Å². The zero-order valence-corrected chi connectivity index (χ0v) is 12.5. The van der Waals surface area contributed by atoms with Crippen molar-refractivity contribution in [2.75, 3.05) is 13.2 Å². The Labute approximate surface area is 116 Å². The van der Waals surface area contributed by atoms with Crippen LogP contribution in [0.2, 0.25) is 0 Å². The molecule has 0 aromatic heterocycles. The van der Waals surface area contributed by atoms with Gasteiger partial charge in [0, 0.05) is 13.2 Å². The number of amides is 1. The van der Waals surface area contributed by atoms with E-state index in [-0.39, 0.29) is 18.8 Å². The molecule has 1 rings (SSSR count). The van der Waals surface area contributed by atoms with Crippen molar-refractivity contribution in [3.63, 3.8) is 0 Å². The number of hydrogen-bond acceptors (Lipinski definition) is 3. The molecule has 0 radical (unpaired) electrons. The van der Waals surface area contributed by atoms with Gasteiger partial charge in [-0.05, 0) is 43.4 Å². The van der Waals surface area contributed by atoms with Crippen molar-refractivity contribution in [3.8, 4) is 0 Å². The van der Waals surface area contributed by atoms with E-state index in [4.69, 9.17) is 9.84 Å². The summed E-state index contributed by atoms with van der Waals surface area (Å²) in [6, 6.07) is 0. The zero-order valence-electron chi connectivity index (χ0n) is 12.5. The van der Waals surface area contributed by atoms with Crippen LogP contribution in [0.25, 0.3) is 0 Å². The van der Waals surface area contributed by atoms with Crippen molar-refractivity contribution in [2.24, 2.45) is 17.8 Å². The van der Waals surface area contributed by atoms with Gasteiger partial charge in [0.1, 0.15) is 6.10 Å². The molecule has 1 unspecified atom stereocenters. The number of hydrogen-bond donors (Lipinski definition) is 2. The molecular weight excluding hydrogens is 242 g/mol. The average molecular weight is 271 g/mol. The third kappa shape index (κ3) is 5.81. The van der Waals surface area contributed by atoms with Crippen molar-refractivity contribution in [1.82, 2.24) is 5.32 Å². The van der Waals surface area contributed by atoms with Crippen LogP contribution < -0.4 is 5.32 Å². The molecule has 19 heavy (non-hydrogen) atoms. The van der Waals surface area contributed by atoms with Gasteiger partial charge in [-0.3, -0.25) is 0 Å². The van der Waals surface area contributed by atoms with E-state index in [0.29, 0.717) is 24.3 Å². The average Bonchev–Trinajstić information content (AvgIpc) is 2.34. The Morgan fingerprint density at radius 3 is 2.74 bits per heavy atom. The van der Waals surface area contributed by atoms with Crippen molar-refractivity contribution in [3.05, 3.63) is 0 Å². The van der Waals surface area contributed by atoms with Crippen LogP contribution in [0.4, 0.5) is 4.79 Å². The number of aliphatic hydroxyl groups is 1. The molecule has 1 aliphatic carbocycles. The summed E-state index contributed by atoms with van der Waals surface area (Å²) < 4.78 is 5.60. The van der Waals surface area contributed by atoms with Gasteiger partial charge in [0.25, 0.3) is 0 Å². The molecule has 4 nitrogen and oxygen atoms in total. The van der Waals surface area contributed by atoms with Crippen LogP contribution in [0.1, 0.15) is 52.9 Å². The lowest BCUT2D eigenvalue weighted by Crippen LogP contribution is -2.39. The van der Waals surface area contributed by atoms with Gasteiger partial charge in [0.05, 0.1) is 0 Å². The maximum absolute atomic E-state index is 11.8. The fourth-order valence-corrected chi connectivity index (χ4v) is 2.86. The number of alkyl carbamates (subject to hydrolysis) is 1. The van der Waals surface area contributed by atoms with Gasteiger partial charge in [0.2, 0.25) is 0 Å². The van der Waals surface area contributed by atoms with Crippen LogP contribution in [0.15, 0.2) is 0 Å². The second-order valence-corrected chi connectivity index (χ2v) is 6.13. The van der Waals surface area contributed by atoms with Gasteiger partial charge in [-0.2, -0.15) is 0 Å². The lowest BCUT2D eigenvalue weighted by atomic mass is 9.75. The Morgan fingerprint density at radius 2 is 2.11 bits per heavy atom. The van der Waals surface area contributed by atoms with Gasteiger partial charge in [-0.25, -0.2) is 4.79 Å². The molecule has 3 atom stereocenters. The second kappa shape index (κ2) is 8.41. The van der Waals surface area contributed by atoms with Crippen molar-refractivity contribution in [1.29, 1.82) is 0 Å².